The van der Waals surface area contributed by atoms with E-state index in [0.29, 0.717) is 0 Å². The zero-order valence-corrected chi connectivity index (χ0v) is 9.57. The zero-order valence-electron chi connectivity index (χ0n) is 3.08. The van der Waals surface area contributed by atoms with Crippen molar-refractivity contribution in [2.75, 3.05) is 0 Å². The summed E-state index contributed by atoms with van der Waals surface area (Å²) in [5.41, 5.74) is 0. The molecule has 0 N–H and O–H groups in total. The Morgan fingerprint density at radius 1 is 1.14 bits per heavy atom. The summed E-state index contributed by atoms with van der Waals surface area (Å²) in [5, 5.41) is 0. The molecule has 0 fully saturated rings. The summed E-state index contributed by atoms with van der Waals surface area (Å²) in [7, 11) is -5.39. The zero-order chi connectivity index (χ0) is 4.50. The molecule has 0 aliphatic carbocycles. The van der Waals surface area contributed by atoms with E-state index in [1.807, 2.05) is 0 Å². The van der Waals surface area contributed by atoms with Gasteiger partial charge < -0.3 is 19.2 Å². The van der Waals surface area contributed by atoms with Crippen LogP contribution in [0.1, 0.15) is 0 Å². The molecule has 0 atom stereocenters. The quantitative estimate of drug-likeness (QED) is 0.449. The summed E-state index contributed by atoms with van der Waals surface area (Å²) >= 11 is 0. The van der Waals surface area contributed by atoms with Crippen molar-refractivity contribution >= 4 is 7.82 Å². The van der Waals surface area contributed by atoms with E-state index < -0.39 is 7.82 Å². The van der Waals surface area contributed by atoms with Gasteiger partial charge in [-0.05, 0) is 0 Å². The standard InChI is InChI=1S/Ce.H3O4P.Zr/c;1-5(2,3)4;/h;(H3,1,2,3,4);/q+3;;+2/p-3. The van der Waals surface area contributed by atoms with Crippen LogP contribution in [0.15, 0.2) is 0 Å². The van der Waals surface area contributed by atoms with Crippen LogP contribution in [0.25, 0.3) is 0 Å². The van der Waals surface area contributed by atoms with Gasteiger partial charge in [0.15, 0.2) is 0 Å². The first kappa shape index (κ1) is 16.2. The minimum atomic E-state index is -5.39. The molecule has 0 saturated heterocycles. The second kappa shape index (κ2) is 6.49. The second-order valence-electron chi connectivity index (χ2n) is 0.447. The SMILES string of the molecule is O=P([O-])([O-])[O-].[Ce+3].[Zr+2]. The molecule has 0 bridgehead atoms. The predicted octanol–water partition coefficient (Wildman–Crippen LogP) is -2.83. The van der Waals surface area contributed by atoms with Gasteiger partial charge in [0.1, 0.15) is 0 Å². The molecule has 0 aromatic carbocycles. The number of phosphoric acid groups is 1. The Labute approximate surface area is 93.4 Å². The average molecular weight is 326 g/mol. The van der Waals surface area contributed by atoms with E-state index in [0.717, 1.165) is 0 Å². The van der Waals surface area contributed by atoms with Crippen molar-refractivity contribution < 1.29 is 87.2 Å². The van der Waals surface area contributed by atoms with Gasteiger partial charge in [-0.15, -0.1) is 0 Å². The topological polar surface area (TPSA) is 86.2 Å². The maximum Gasteiger partial charge on any atom is 3.00 e. The molecule has 0 unspecified atom stereocenters. The fraction of sp³-hybridized carbons (Fsp3) is 0. The van der Waals surface area contributed by atoms with E-state index >= 15 is 0 Å². The molecule has 7 heavy (non-hydrogen) atoms. The second-order valence-corrected chi connectivity index (χ2v) is 1.34. The van der Waals surface area contributed by atoms with Gasteiger partial charge in [0.25, 0.3) is 0 Å². The molecule has 0 aromatic heterocycles. The minimum Gasteiger partial charge on any atom is -0.822 e. The van der Waals surface area contributed by atoms with Gasteiger partial charge in [-0.3, -0.25) is 0 Å². The number of hydrogen-bond acceptors (Lipinski definition) is 4. The van der Waals surface area contributed by atoms with Crippen LogP contribution in [0.3, 0.4) is 0 Å². The maximum absolute atomic E-state index is 8.55. The molecule has 4 nitrogen and oxygen atoms in total. The molecule has 35 valence electrons. The molecule has 0 heterocycles. The smallest absolute Gasteiger partial charge is 0.822 e. The first-order chi connectivity index (χ1) is 2.00. The Bertz CT molecular complexity index is 57.8. The Hall–Kier alpha value is 2.37. The van der Waals surface area contributed by atoms with Crippen LogP contribution >= 0.6 is 7.82 Å². The molecule has 0 rings (SSSR count). The van der Waals surface area contributed by atoms with E-state index in [-0.39, 0.29) is 68.0 Å². The summed E-state index contributed by atoms with van der Waals surface area (Å²) in [6, 6.07) is 0. The number of hydrogen-bond donors (Lipinski definition) is 0. The minimum absolute atomic E-state index is 0. The Kier molecular flexibility index (Phi) is 15.0. The third kappa shape index (κ3) is 60.5. The van der Waals surface area contributed by atoms with Crippen LogP contribution in [0.2, 0.25) is 0 Å². The van der Waals surface area contributed by atoms with Crippen LogP contribution in [0.4, 0.5) is 0 Å². The molecule has 0 aromatic rings. The van der Waals surface area contributed by atoms with Crippen molar-refractivity contribution in [2.45, 2.75) is 0 Å². The van der Waals surface area contributed by atoms with E-state index in [9.17, 15) is 0 Å². The summed E-state index contributed by atoms with van der Waals surface area (Å²) in [6.07, 6.45) is 0. The van der Waals surface area contributed by atoms with Crippen LogP contribution in [-0.2, 0) is 30.8 Å². The van der Waals surface area contributed by atoms with Crippen LogP contribution < -0.4 is 14.7 Å². The van der Waals surface area contributed by atoms with E-state index in [2.05, 4.69) is 0 Å². The molecular weight excluding hydrogens is 326 g/mol. The number of rotatable bonds is 0. The maximum atomic E-state index is 8.55. The Morgan fingerprint density at radius 3 is 1.14 bits per heavy atom. The molecule has 0 aliphatic rings. The molecule has 0 spiro atoms. The van der Waals surface area contributed by atoms with E-state index in [1.165, 1.54) is 0 Å². The van der Waals surface area contributed by atoms with Gasteiger partial charge in [0.05, 0.1) is 0 Å². The van der Waals surface area contributed by atoms with Crippen molar-refractivity contribution in [1.82, 2.24) is 0 Å². The Morgan fingerprint density at radius 2 is 1.14 bits per heavy atom. The van der Waals surface area contributed by atoms with Crippen LogP contribution in [-0.4, -0.2) is 0 Å². The Balaban J connectivity index is -0.0000000800. The van der Waals surface area contributed by atoms with Gasteiger partial charge in [0.2, 0.25) is 0 Å². The first-order valence-electron chi connectivity index (χ1n) is 0.730. The fourth-order valence-corrected chi connectivity index (χ4v) is 0. The largest absolute Gasteiger partial charge is 3.00 e. The summed E-state index contributed by atoms with van der Waals surface area (Å²) < 4.78 is 8.55. The monoisotopic (exact) mass is 325 g/mol. The van der Waals surface area contributed by atoms with Crippen LogP contribution in [0.5, 0.6) is 0 Å². The summed E-state index contributed by atoms with van der Waals surface area (Å²) in [4.78, 5) is 25.6. The van der Waals surface area contributed by atoms with Crippen molar-refractivity contribution in [2.24, 2.45) is 0 Å². The first-order valence-corrected chi connectivity index (χ1v) is 2.19. The third-order valence-electron chi connectivity index (χ3n) is 0. The van der Waals surface area contributed by atoms with Gasteiger partial charge in [0, 0.05) is 0 Å². The van der Waals surface area contributed by atoms with Crippen molar-refractivity contribution in [1.29, 1.82) is 0 Å². The van der Waals surface area contributed by atoms with Crippen LogP contribution in [0, 0.1) is 41.7 Å². The van der Waals surface area contributed by atoms with Crippen molar-refractivity contribution in [3.8, 4) is 0 Å². The van der Waals surface area contributed by atoms with Gasteiger partial charge in [-0.2, -0.15) is 7.82 Å². The fourth-order valence-electron chi connectivity index (χ4n) is 0. The molecule has 7 heteroatoms. The average Bonchev–Trinajstić information content (AvgIpc) is 0.722. The predicted molar refractivity (Wildman–Crippen MR) is 7.61 cm³/mol. The molecule has 0 aliphatic heterocycles. The van der Waals surface area contributed by atoms with Crippen molar-refractivity contribution in [3.05, 3.63) is 0 Å². The third-order valence-corrected chi connectivity index (χ3v) is 0. The van der Waals surface area contributed by atoms with Crippen molar-refractivity contribution in [3.63, 3.8) is 0 Å². The van der Waals surface area contributed by atoms with Gasteiger partial charge >= 0.3 is 68.0 Å². The molecule has 0 amide bonds. The summed E-state index contributed by atoms with van der Waals surface area (Å²) in [6.45, 7) is 0. The normalized spacial score (nSPS) is 8.43. The van der Waals surface area contributed by atoms with Gasteiger partial charge in [-0.25, -0.2) is 0 Å². The molecule has 0 saturated carbocycles. The molecule has 1 radical (unpaired) electrons. The summed E-state index contributed by atoms with van der Waals surface area (Å²) in [5.74, 6) is 0. The van der Waals surface area contributed by atoms with Gasteiger partial charge in [-0.1, -0.05) is 0 Å². The van der Waals surface area contributed by atoms with E-state index in [4.69, 9.17) is 19.2 Å². The molecular formula is CeO4PZr+2. The van der Waals surface area contributed by atoms with E-state index in [1.54, 1.807) is 0 Å².